The van der Waals surface area contributed by atoms with Gasteiger partial charge >= 0.3 is 0 Å². The Morgan fingerprint density at radius 2 is 1.78 bits per heavy atom. The Morgan fingerprint density at radius 3 is 2.41 bits per heavy atom. The van der Waals surface area contributed by atoms with Crippen molar-refractivity contribution in [2.24, 2.45) is 0 Å². The first kappa shape index (κ1) is 25.8. The largest absolute Gasteiger partial charge is 0.490 e. The lowest BCUT2D eigenvalue weighted by atomic mass is 10.1. The van der Waals surface area contributed by atoms with Crippen LogP contribution in [0.5, 0.6) is 5.75 Å². The normalized spacial score (nSPS) is 10.6. The van der Waals surface area contributed by atoms with Gasteiger partial charge in [0.05, 0.1) is 11.7 Å². The summed E-state index contributed by atoms with van der Waals surface area (Å²) >= 11 is 8.72. The molecule has 0 saturated heterocycles. The number of carbonyl (C=O) groups excluding carboxylic acids is 2. The molecular weight excluding hydrogens is 490 g/mol. The number of halogens is 1. The molecule has 0 unspecified atom stereocenters. The highest BCUT2D eigenvalue weighted by molar-refractivity contribution is 9.10. The molecule has 2 aromatic rings. The summed E-state index contributed by atoms with van der Waals surface area (Å²) in [5.41, 5.74) is 1.57. The number of hydrogen-bond donors (Lipinski definition) is 2. The Labute approximate surface area is 203 Å². The smallest absolute Gasteiger partial charge is 0.261 e. The number of nitrogens with one attached hydrogen (secondary N) is 2. The summed E-state index contributed by atoms with van der Waals surface area (Å²) in [6.45, 7) is 9.33. The van der Waals surface area contributed by atoms with Crippen LogP contribution in [0.15, 0.2) is 46.9 Å². The number of amides is 2. The SMILES string of the molecule is CCCN(CCC)C(=O)c1cccc(NC(=S)NC(=O)c2cc(Br)ccc2OC(C)C)c1. The number of carbonyl (C=O) groups is 2. The van der Waals surface area contributed by atoms with Gasteiger partial charge in [-0.1, -0.05) is 35.8 Å². The molecule has 0 bridgehead atoms. The van der Waals surface area contributed by atoms with Crippen LogP contribution in [-0.4, -0.2) is 41.0 Å². The van der Waals surface area contributed by atoms with Crippen molar-refractivity contribution in [1.29, 1.82) is 0 Å². The van der Waals surface area contributed by atoms with Gasteiger partial charge < -0.3 is 15.0 Å². The first-order chi connectivity index (χ1) is 15.2. The van der Waals surface area contributed by atoms with Gasteiger partial charge in [0.1, 0.15) is 5.75 Å². The van der Waals surface area contributed by atoms with Crippen LogP contribution in [-0.2, 0) is 0 Å². The van der Waals surface area contributed by atoms with Crippen molar-refractivity contribution in [3.63, 3.8) is 0 Å². The molecule has 32 heavy (non-hydrogen) atoms. The van der Waals surface area contributed by atoms with Crippen molar-refractivity contribution < 1.29 is 14.3 Å². The van der Waals surface area contributed by atoms with Crippen LogP contribution in [0.1, 0.15) is 61.3 Å². The van der Waals surface area contributed by atoms with E-state index in [-0.39, 0.29) is 23.0 Å². The fourth-order valence-corrected chi connectivity index (χ4v) is 3.71. The molecule has 0 aliphatic heterocycles. The number of hydrogen-bond acceptors (Lipinski definition) is 4. The zero-order valence-corrected chi connectivity index (χ0v) is 21.3. The summed E-state index contributed by atoms with van der Waals surface area (Å²) in [4.78, 5) is 27.5. The van der Waals surface area contributed by atoms with Crippen LogP contribution in [0, 0.1) is 0 Å². The molecule has 2 N–H and O–H groups in total. The summed E-state index contributed by atoms with van der Waals surface area (Å²) in [5.74, 6) is 0.0729. The molecule has 0 aromatic heterocycles. The average Bonchev–Trinajstić information content (AvgIpc) is 2.74. The third kappa shape index (κ3) is 7.60. The van der Waals surface area contributed by atoms with Crippen LogP contribution < -0.4 is 15.4 Å². The first-order valence-electron chi connectivity index (χ1n) is 10.7. The molecule has 2 aromatic carbocycles. The number of ether oxygens (including phenoxy) is 1. The lowest BCUT2D eigenvalue weighted by molar-refractivity contribution is 0.0755. The van der Waals surface area contributed by atoms with E-state index in [2.05, 4.69) is 40.4 Å². The molecular formula is C24H30BrN3O3S. The monoisotopic (exact) mass is 519 g/mol. The van der Waals surface area contributed by atoms with E-state index in [4.69, 9.17) is 17.0 Å². The lowest BCUT2D eigenvalue weighted by Gasteiger charge is -2.22. The quantitative estimate of drug-likeness (QED) is 0.420. The Bertz CT molecular complexity index is 959. The maximum Gasteiger partial charge on any atom is 0.261 e. The number of benzene rings is 2. The Balaban J connectivity index is 2.11. The predicted octanol–water partition coefficient (Wildman–Crippen LogP) is 5.63. The van der Waals surface area contributed by atoms with E-state index in [0.717, 1.165) is 17.3 Å². The summed E-state index contributed by atoms with van der Waals surface area (Å²) in [6.07, 6.45) is 1.73. The summed E-state index contributed by atoms with van der Waals surface area (Å²) in [6, 6.07) is 12.3. The van der Waals surface area contributed by atoms with E-state index in [0.29, 0.717) is 35.7 Å². The van der Waals surface area contributed by atoms with Crippen LogP contribution in [0.25, 0.3) is 0 Å². The predicted molar refractivity (Wildman–Crippen MR) is 137 cm³/mol. The van der Waals surface area contributed by atoms with Crippen molar-refractivity contribution in [3.8, 4) is 5.75 Å². The Kier molecular flexibility index (Phi) is 10.1. The van der Waals surface area contributed by atoms with Crippen molar-refractivity contribution in [3.05, 3.63) is 58.1 Å². The highest BCUT2D eigenvalue weighted by atomic mass is 79.9. The van der Waals surface area contributed by atoms with E-state index < -0.39 is 0 Å². The van der Waals surface area contributed by atoms with Crippen molar-refractivity contribution in [1.82, 2.24) is 10.2 Å². The third-order valence-corrected chi connectivity index (χ3v) is 5.11. The van der Waals surface area contributed by atoms with Gasteiger partial charge in [0, 0.05) is 28.8 Å². The number of rotatable bonds is 9. The second-order valence-electron chi connectivity index (χ2n) is 7.59. The Morgan fingerprint density at radius 1 is 1.09 bits per heavy atom. The molecule has 6 nitrogen and oxygen atoms in total. The molecule has 0 fully saturated rings. The standard InChI is InChI=1S/C24H30BrN3O3S/c1-5-12-28(13-6-2)23(30)17-8-7-9-19(14-17)26-24(32)27-22(29)20-15-18(25)10-11-21(20)31-16(3)4/h7-11,14-16H,5-6,12-13H2,1-4H3,(H2,26,27,29,32). The van der Waals surface area contributed by atoms with E-state index in [1.54, 1.807) is 36.4 Å². The lowest BCUT2D eigenvalue weighted by Crippen LogP contribution is -2.35. The van der Waals surface area contributed by atoms with E-state index in [1.807, 2.05) is 24.8 Å². The minimum Gasteiger partial charge on any atom is -0.490 e. The number of anilines is 1. The zero-order valence-electron chi connectivity index (χ0n) is 18.9. The molecule has 0 spiro atoms. The third-order valence-electron chi connectivity index (χ3n) is 4.42. The van der Waals surface area contributed by atoms with Gasteiger partial charge in [0.25, 0.3) is 11.8 Å². The molecule has 172 valence electrons. The van der Waals surface area contributed by atoms with E-state index in [9.17, 15) is 9.59 Å². The van der Waals surface area contributed by atoms with Gasteiger partial charge in [-0.3, -0.25) is 14.9 Å². The van der Waals surface area contributed by atoms with Crippen molar-refractivity contribution in [2.75, 3.05) is 18.4 Å². The van der Waals surface area contributed by atoms with Crippen LogP contribution >= 0.6 is 28.1 Å². The fraction of sp³-hybridized carbons (Fsp3) is 0.375. The molecule has 0 heterocycles. The highest BCUT2D eigenvalue weighted by Gasteiger charge is 2.17. The average molecular weight is 520 g/mol. The van der Waals surface area contributed by atoms with Crippen molar-refractivity contribution >= 4 is 50.8 Å². The fourth-order valence-electron chi connectivity index (χ4n) is 3.14. The van der Waals surface area contributed by atoms with Gasteiger partial charge in [-0.05, 0) is 75.3 Å². The maximum absolute atomic E-state index is 12.9. The number of nitrogens with zero attached hydrogens (tertiary/aromatic N) is 1. The molecule has 0 aliphatic carbocycles. The van der Waals surface area contributed by atoms with Crippen molar-refractivity contribution in [2.45, 2.75) is 46.6 Å². The molecule has 8 heteroatoms. The molecule has 2 rings (SSSR count). The minimum absolute atomic E-state index is 0.0167. The molecule has 0 atom stereocenters. The second kappa shape index (κ2) is 12.6. The first-order valence-corrected chi connectivity index (χ1v) is 11.9. The van der Waals surface area contributed by atoms with Gasteiger partial charge in [-0.15, -0.1) is 0 Å². The van der Waals surface area contributed by atoms with Gasteiger partial charge in [0.2, 0.25) is 0 Å². The summed E-state index contributed by atoms with van der Waals surface area (Å²) in [5, 5.41) is 5.81. The topological polar surface area (TPSA) is 70.7 Å². The van der Waals surface area contributed by atoms with Crippen LogP contribution in [0.2, 0.25) is 0 Å². The maximum atomic E-state index is 12.9. The van der Waals surface area contributed by atoms with Crippen LogP contribution in [0.4, 0.5) is 5.69 Å². The molecule has 2 amide bonds. The minimum atomic E-state index is -0.385. The summed E-state index contributed by atoms with van der Waals surface area (Å²) in [7, 11) is 0. The molecule has 0 saturated carbocycles. The molecule has 0 aliphatic rings. The van der Waals surface area contributed by atoms with Gasteiger partial charge in [-0.25, -0.2) is 0 Å². The van der Waals surface area contributed by atoms with E-state index >= 15 is 0 Å². The van der Waals surface area contributed by atoms with Gasteiger partial charge in [-0.2, -0.15) is 0 Å². The molecule has 0 radical (unpaired) electrons. The van der Waals surface area contributed by atoms with Gasteiger partial charge in [0.15, 0.2) is 5.11 Å². The van der Waals surface area contributed by atoms with Crippen LogP contribution in [0.3, 0.4) is 0 Å². The second-order valence-corrected chi connectivity index (χ2v) is 8.91. The van der Waals surface area contributed by atoms with E-state index in [1.165, 1.54) is 0 Å². The zero-order chi connectivity index (χ0) is 23.7. The highest BCUT2D eigenvalue weighted by Crippen LogP contribution is 2.24. The summed E-state index contributed by atoms with van der Waals surface area (Å²) < 4.78 is 6.49. The number of thiocarbonyl (C=S) groups is 1. The Hall–Kier alpha value is -2.45.